The van der Waals surface area contributed by atoms with Gasteiger partial charge in [-0.15, -0.1) is 0 Å². The molecule has 0 heterocycles. The molecule has 0 radical (unpaired) electrons. The normalized spacial score (nSPS) is 10.4. The molecule has 8 heteroatoms. The molecule has 8 nitrogen and oxygen atoms in total. The van der Waals surface area contributed by atoms with Crippen molar-refractivity contribution in [1.82, 2.24) is 0 Å². The lowest BCUT2D eigenvalue weighted by molar-refractivity contribution is 0.101. The molecule has 0 spiro atoms. The monoisotopic (exact) mass is 486 g/mol. The minimum absolute atomic E-state index is 0.334. The number of hydrogen-bond donors (Lipinski definition) is 2. The van der Waals surface area contributed by atoms with Crippen molar-refractivity contribution in [3.63, 3.8) is 0 Å². The Morgan fingerprint density at radius 3 is 1.33 bits per heavy atom. The molecule has 4 aromatic rings. The van der Waals surface area contributed by atoms with Gasteiger partial charge in [0.2, 0.25) is 0 Å². The van der Waals surface area contributed by atoms with Crippen molar-refractivity contribution in [2.45, 2.75) is 0 Å². The Balaban J connectivity index is 1.64. The van der Waals surface area contributed by atoms with E-state index in [-0.39, 0.29) is 11.8 Å². The van der Waals surface area contributed by atoms with E-state index in [1.54, 1.807) is 62.8 Å². The molecule has 0 saturated heterocycles. The summed E-state index contributed by atoms with van der Waals surface area (Å²) in [5.41, 5.74) is 1.92. The highest BCUT2D eigenvalue weighted by molar-refractivity contribution is 6.15. The van der Waals surface area contributed by atoms with Crippen molar-refractivity contribution in [3.05, 3.63) is 83.9 Å². The fourth-order valence-corrected chi connectivity index (χ4v) is 3.88. The molecule has 2 N–H and O–H groups in total. The first kappa shape index (κ1) is 24.4. The highest BCUT2D eigenvalue weighted by Crippen LogP contribution is 2.32. The van der Waals surface area contributed by atoms with E-state index in [1.165, 1.54) is 14.2 Å². The SMILES string of the molecule is COc1ccc(C(=O)Nc2cccc3c(NC(=O)c4ccc(OC)cc4OC)cccc23)c(OC)c1. The average molecular weight is 487 g/mol. The average Bonchev–Trinajstić information content (AvgIpc) is 2.92. The van der Waals surface area contributed by atoms with Gasteiger partial charge in [-0.1, -0.05) is 24.3 Å². The van der Waals surface area contributed by atoms with Gasteiger partial charge in [0.25, 0.3) is 11.8 Å². The number of methoxy groups -OCH3 is 4. The number of anilines is 2. The Morgan fingerprint density at radius 2 is 0.972 bits per heavy atom. The number of hydrogen-bond acceptors (Lipinski definition) is 6. The molecular formula is C28H26N2O6. The van der Waals surface area contributed by atoms with Gasteiger partial charge >= 0.3 is 0 Å². The first-order valence-electron chi connectivity index (χ1n) is 11.1. The van der Waals surface area contributed by atoms with E-state index < -0.39 is 0 Å². The van der Waals surface area contributed by atoms with Crippen molar-refractivity contribution < 1.29 is 28.5 Å². The van der Waals surface area contributed by atoms with Gasteiger partial charge in [-0.25, -0.2) is 0 Å². The minimum atomic E-state index is -0.334. The molecular weight excluding hydrogens is 460 g/mol. The molecule has 0 aliphatic carbocycles. The van der Waals surface area contributed by atoms with E-state index in [0.717, 1.165) is 10.8 Å². The molecule has 0 aliphatic rings. The van der Waals surface area contributed by atoms with Crippen LogP contribution in [0.2, 0.25) is 0 Å². The highest BCUT2D eigenvalue weighted by Gasteiger charge is 2.17. The van der Waals surface area contributed by atoms with Gasteiger partial charge in [-0.3, -0.25) is 9.59 Å². The third kappa shape index (κ3) is 4.88. The summed E-state index contributed by atoms with van der Waals surface area (Å²) in [6.07, 6.45) is 0. The van der Waals surface area contributed by atoms with Gasteiger partial charge in [-0.2, -0.15) is 0 Å². The van der Waals surface area contributed by atoms with Gasteiger partial charge in [0.15, 0.2) is 0 Å². The van der Waals surface area contributed by atoms with Gasteiger partial charge in [0, 0.05) is 34.3 Å². The number of benzene rings is 4. The lowest BCUT2D eigenvalue weighted by Crippen LogP contribution is -2.15. The van der Waals surface area contributed by atoms with E-state index >= 15 is 0 Å². The zero-order valence-corrected chi connectivity index (χ0v) is 20.4. The molecule has 36 heavy (non-hydrogen) atoms. The summed E-state index contributed by atoms with van der Waals surface area (Å²) in [6, 6.07) is 21.0. The van der Waals surface area contributed by atoms with Crippen LogP contribution in [-0.4, -0.2) is 40.3 Å². The zero-order valence-electron chi connectivity index (χ0n) is 20.4. The third-order valence-electron chi connectivity index (χ3n) is 5.73. The van der Waals surface area contributed by atoms with Crippen LogP contribution in [0.25, 0.3) is 10.8 Å². The van der Waals surface area contributed by atoms with Gasteiger partial charge in [-0.05, 0) is 36.4 Å². The smallest absolute Gasteiger partial charge is 0.259 e. The van der Waals surface area contributed by atoms with Crippen LogP contribution < -0.4 is 29.6 Å². The summed E-state index contributed by atoms with van der Waals surface area (Å²) in [5.74, 6) is 1.30. The van der Waals surface area contributed by atoms with Gasteiger partial charge < -0.3 is 29.6 Å². The number of carbonyl (C=O) groups is 2. The van der Waals surface area contributed by atoms with Gasteiger partial charge in [0.1, 0.15) is 23.0 Å². The number of amides is 2. The minimum Gasteiger partial charge on any atom is -0.497 e. The quantitative estimate of drug-likeness (QED) is 0.347. The van der Waals surface area contributed by atoms with Crippen molar-refractivity contribution in [2.24, 2.45) is 0 Å². The fraction of sp³-hybridized carbons (Fsp3) is 0.143. The number of rotatable bonds is 8. The predicted octanol–water partition coefficient (Wildman–Crippen LogP) is 5.38. The summed E-state index contributed by atoms with van der Waals surface area (Å²) < 4.78 is 21.2. The van der Waals surface area contributed by atoms with E-state index in [9.17, 15) is 9.59 Å². The molecule has 184 valence electrons. The Bertz CT molecular complexity index is 1320. The molecule has 0 aliphatic heterocycles. The van der Waals surface area contributed by atoms with Crippen molar-refractivity contribution in [2.75, 3.05) is 39.1 Å². The first-order chi connectivity index (χ1) is 17.5. The molecule has 2 amide bonds. The second kappa shape index (κ2) is 10.7. The first-order valence-corrected chi connectivity index (χ1v) is 11.1. The Morgan fingerprint density at radius 1 is 0.556 bits per heavy atom. The number of carbonyl (C=O) groups excluding carboxylic acids is 2. The van der Waals surface area contributed by atoms with Crippen molar-refractivity contribution in [1.29, 1.82) is 0 Å². The van der Waals surface area contributed by atoms with E-state index in [4.69, 9.17) is 18.9 Å². The van der Waals surface area contributed by atoms with Crippen LogP contribution in [-0.2, 0) is 0 Å². The van der Waals surface area contributed by atoms with Crippen molar-refractivity contribution in [3.8, 4) is 23.0 Å². The molecule has 0 unspecified atom stereocenters. The molecule has 0 fully saturated rings. The van der Waals surface area contributed by atoms with Crippen molar-refractivity contribution >= 4 is 34.0 Å². The van der Waals surface area contributed by atoms with Crippen LogP contribution in [0.4, 0.5) is 11.4 Å². The summed E-state index contributed by atoms with van der Waals surface area (Å²) in [6.45, 7) is 0. The molecule has 4 rings (SSSR count). The lowest BCUT2D eigenvalue weighted by atomic mass is 10.1. The Hall–Kier alpha value is -4.72. The summed E-state index contributed by atoms with van der Waals surface area (Å²) in [7, 11) is 6.09. The second-order valence-corrected chi connectivity index (χ2v) is 7.75. The zero-order chi connectivity index (χ0) is 25.7. The second-order valence-electron chi connectivity index (χ2n) is 7.75. The number of fused-ring (bicyclic) bond motifs is 1. The molecule has 0 bridgehead atoms. The third-order valence-corrected chi connectivity index (χ3v) is 5.73. The number of ether oxygens (including phenoxy) is 4. The van der Waals surface area contributed by atoms with Gasteiger partial charge in [0.05, 0.1) is 39.6 Å². The van der Waals surface area contributed by atoms with E-state index in [1.807, 2.05) is 24.3 Å². The maximum atomic E-state index is 13.1. The molecule has 4 aromatic carbocycles. The summed E-state index contributed by atoms with van der Waals surface area (Å²) >= 11 is 0. The van der Waals surface area contributed by atoms with E-state index in [0.29, 0.717) is 45.5 Å². The number of nitrogens with one attached hydrogen (secondary N) is 2. The molecule has 0 aromatic heterocycles. The lowest BCUT2D eigenvalue weighted by Gasteiger charge is -2.15. The Kier molecular flexibility index (Phi) is 7.25. The maximum Gasteiger partial charge on any atom is 0.259 e. The molecule has 0 atom stereocenters. The van der Waals surface area contributed by atoms with Crippen LogP contribution >= 0.6 is 0 Å². The standard InChI is InChI=1S/C28H26N2O6/c1-33-17-11-13-21(25(15-17)35-3)27(31)29-23-9-5-8-20-19(23)7-6-10-24(20)30-28(32)22-14-12-18(34-2)16-26(22)36-4/h5-16H,1-4H3,(H,29,31)(H,30,32). The van der Waals surface area contributed by atoms with Crippen LogP contribution in [0, 0.1) is 0 Å². The fourth-order valence-electron chi connectivity index (χ4n) is 3.88. The van der Waals surface area contributed by atoms with Crippen LogP contribution in [0.3, 0.4) is 0 Å². The molecule has 0 saturated carbocycles. The summed E-state index contributed by atoms with van der Waals surface area (Å²) in [4.78, 5) is 26.2. The van der Waals surface area contributed by atoms with Crippen LogP contribution in [0.5, 0.6) is 23.0 Å². The largest absolute Gasteiger partial charge is 0.497 e. The van der Waals surface area contributed by atoms with Crippen LogP contribution in [0.1, 0.15) is 20.7 Å². The summed E-state index contributed by atoms with van der Waals surface area (Å²) in [5, 5.41) is 7.42. The Labute approximate surface area is 208 Å². The van der Waals surface area contributed by atoms with E-state index in [2.05, 4.69) is 10.6 Å². The topological polar surface area (TPSA) is 95.1 Å². The van der Waals surface area contributed by atoms with Crippen LogP contribution in [0.15, 0.2) is 72.8 Å². The predicted molar refractivity (Wildman–Crippen MR) is 139 cm³/mol. The maximum absolute atomic E-state index is 13.1. The highest BCUT2D eigenvalue weighted by atomic mass is 16.5.